The number of hydrogen-bond acceptors (Lipinski definition) is 6. The van der Waals surface area contributed by atoms with Gasteiger partial charge in [0.05, 0.1) is 12.0 Å². The first kappa shape index (κ1) is 17.7. The molecule has 2 aromatic rings. The highest BCUT2D eigenvalue weighted by atomic mass is 16.6. The van der Waals surface area contributed by atoms with Crippen LogP contribution in [-0.2, 0) is 0 Å². The Morgan fingerprint density at radius 1 is 1.16 bits per heavy atom. The summed E-state index contributed by atoms with van der Waals surface area (Å²) in [6.45, 7) is 1.51. The van der Waals surface area contributed by atoms with Gasteiger partial charge in [0.25, 0.3) is 11.6 Å². The van der Waals surface area contributed by atoms with E-state index < -0.39 is 10.8 Å². The first-order valence-electron chi connectivity index (χ1n) is 7.15. The van der Waals surface area contributed by atoms with Crippen molar-refractivity contribution in [2.75, 3.05) is 7.11 Å². The van der Waals surface area contributed by atoms with Crippen molar-refractivity contribution in [3.8, 4) is 5.75 Å². The van der Waals surface area contributed by atoms with E-state index in [9.17, 15) is 14.9 Å². The lowest BCUT2D eigenvalue weighted by molar-refractivity contribution is -0.384. The van der Waals surface area contributed by atoms with Crippen LogP contribution in [0.2, 0.25) is 0 Å². The summed E-state index contributed by atoms with van der Waals surface area (Å²) in [5.41, 5.74) is 2.66. The van der Waals surface area contributed by atoms with Crippen LogP contribution in [0.25, 0.3) is 0 Å². The van der Waals surface area contributed by atoms with Crippen LogP contribution in [0.1, 0.15) is 17.3 Å². The van der Waals surface area contributed by atoms with Gasteiger partial charge in [0.2, 0.25) is 0 Å². The number of methoxy groups -OCH3 is 1. The lowest BCUT2D eigenvalue weighted by atomic mass is 10.2. The molecule has 0 saturated carbocycles. The zero-order valence-corrected chi connectivity index (χ0v) is 13.5. The van der Waals surface area contributed by atoms with Crippen molar-refractivity contribution in [3.05, 3.63) is 64.2 Å². The molecule has 0 spiro atoms. The highest BCUT2D eigenvalue weighted by Crippen LogP contribution is 2.26. The average molecular weight is 341 g/mol. The Hall–Kier alpha value is -3.62. The van der Waals surface area contributed by atoms with Crippen LogP contribution in [0.4, 0.5) is 11.4 Å². The number of nitrogens with one attached hydrogen (secondary N) is 1. The summed E-state index contributed by atoms with van der Waals surface area (Å²) in [5.74, 6) is 0.345. The standard InChI is InChI=1S/C16H15N5O4/c1-11(17-19-14-5-3-4-6-15(14)21(23)24)18-20-16(22)12-7-9-13(25-2)10-8-12/h3-10H,1-2H3,(H,20,22)/b18-11+,19-17?. The van der Waals surface area contributed by atoms with Crippen LogP contribution in [0.3, 0.4) is 0 Å². The summed E-state index contributed by atoms with van der Waals surface area (Å²) in [6, 6.07) is 12.4. The molecule has 0 atom stereocenters. The van der Waals surface area contributed by atoms with Gasteiger partial charge in [-0.2, -0.15) is 5.10 Å². The van der Waals surface area contributed by atoms with E-state index in [0.717, 1.165) is 0 Å². The Morgan fingerprint density at radius 2 is 1.84 bits per heavy atom. The number of azo groups is 1. The summed E-state index contributed by atoms with van der Waals surface area (Å²) < 4.78 is 5.01. The van der Waals surface area contributed by atoms with E-state index >= 15 is 0 Å². The lowest BCUT2D eigenvalue weighted by Gasteiger charge is -2.02. The summed E-state index contributed by atoms with van der Waals surface area (Å²) >= 11 is 0. The van der Waals surface area contributed by atoms with Crippen molar-refractivity contribution in [2.45, 2.75) is 6.92 Å². The van der Waals surface area contributed by atoms with E-state index in [4.69, 9.17) is 4.74 Å². The van der Waals surface area contributed by atoms with Crippen molar-refractivity contribution in [3.63, 3.8) is 0 Å². The molecular weight excluding hydrogens is 326 g/mol. The summed E-state index contributed by atoms with van der Waals surface area (Å²) in [6.07, 6.45) is 0. The number of para-hydroxylation sites is 1. The molecule has 0 aliphatic carbocycles. The first-order chi connectivity index (χ1) is 12.0. The van der Waals surface area contributed by atoms with Gasteiger partial charge in [0.1, 0.15) is 5.75 Å². The Bertz CT molecular complexity index is 831. The van der Waals surface area contributed by atoms with Crippen LogP contribution in [0.15, 0.2) is 63.9 Å². The summed E-state index contributed by atoms with van der Waals surface area (Å²) in [5, 5.41) is 22.2. The first-order valence-corrected chi connectivity index (χ1v) is 7.15. The Kier molecular flexibility index (Phi) is 5.88. The third-order valence-electron chi connectivity index (χ3n) is 3.05. The van der Waals surface area contributed by atoms with E-state index in [0.29, 0.717) is 11.3 Å². The van der Waals surface area contributed by atoms with Gasteiger partial charge < -0.3 is 4.74 Å². The predicted octanol–water partition coefficient (Wildman–Crippen LogP) is 3.45. The van der Waals surface area contributed by atoms with E-state index in [2.05, 4.69) is 20.8 Å². The van der Waals surface area contributed by atoms with Gasteiger partial charge in [-0.15, -0.1) is 10.2 Å². The van der Waals surface area contributed by atoms with E-state index in [1.54, 1.807) is 30.3 Å². The molecule has 1 amide bonds. The molecule has 2 rings (SSSR count). The third kappa shape index (κ3) is 4.93. The quantitative estimate of drug-likeness (QED) is 0.294. The van der Waals surface area contributed by atoms with Gasteiger partial charge in [-0.05, 0) is 37.3 Å². The molecule has 0 aliphatic rings. The third-order valence-corrected chi connectivity index (χ3v) is 3.05. The van der Waals surface area contributed by atoms with E-state index in [-0.39, 0.29) is 17.2 Å². The molecule has 0 aliphatic heterocycles. The number of carbonyl (C=O) groups excluding carboxylic acids is 1. The number of hydrazone groups is 1. The molecule has 0 bridgehead atoms. The highest BCUT2D eigenvalue weighted by molar-refractivity contribution is 5.95. The molecule has 0 aromatic heterocycles. The van der Waals surface area contributed by atoms with Crippen LogP contribution in [0, 0.1) is 10.1 Å². The molecule has 25 heavy (non-hydrogen) atoms. The number of hydrogen-bond donors (Lipinski definition) is 1. The highest BCUT2D eigenvalue weighted by Gasteiger charge is 2.11. The molecule has 128 valence electrons. The number of carbonyl (C=O) groups is 1. The molecule has 0 unspecified atom stereocenters. The van der Waals surface area contributed by atoms with Gasteiger partial charge in [0.15, 0.2) is 11.5 Å². The molecule has 9 heteroatoms. The average Bonchev–Trinajstić information content (AvgIpc) is 2.64. The largest absolute Gasteiger partial charge is 0.497 e. The minimum Gasteiger partial charge on any atom is -0.497 e. The van der Waals surface area contributed by atoms with Crippen LogP contribution in [0.5, 0.6) is 5.75 Å². The van der Waals surface area contributed by atoms with Crippen molar-refractivity contribution in [1.29, 1.82) is 0 Å². The summed E-state index contributed by atoms with van der Waals surface area (Å²) in [4.78, 5) is 22.3. The fourth-order valence-electron chi connectivity index (χ4n) is 1.79. The monoisotopic (exact) mass is 341 g/mol. The van der Waals surface area contributed by atoms with Gasteiger partial charge in [0, 0.05) is 11.6 Å². The maximum Gasteiger partial charge on any atom is 0.296 e. The lowest BCUT2D eigenvalue weighted by Crippen LogP contribution is -2.18. The molecule has 0 radical (unpaired) electrons. The molecule has 1 N–H and O–H groups in total. The SMILES string of the molecule is COc1ccc(C(=O)N/N=C(\C)N=Nc2ccccc2[N+](=O)[O-])cc1. The predicted molar refractivity (Wildman–Crippen MR) is 91.2 cm³/mol. The number of benzene rings is 2. The number of nitro groups is 1. The number of ether oxygens (including phenoxy) is 1. The van der Waals surface area contributed by atoms with Crippen molar-refractivity contribution >= 4 is 23.1 Å². The van der Waals surface area contributed by atoms with Gasteiger partial charge in [-0.1, -0.05) is 12.1 Å². The zero-order chi connectivity index (χ0) is 18.2. The van der Waals surface area contributed by atoms with E-state index in [1.165, 1.54) is 32.2 Å². The van der Waals surface area contributed by atoms with Crippen molar-refractivity contribution in [1.82, 2.24) is 5.43 Å². The maximum absolute atomic E-state index is 11.9. The second kappa shape index (κ2) is 8.29. The molecule has 0 heterocycles. The fraction of sp³-hybridized carbons (Fsp3) is 0.125. The zero-order valence-electron chi connectivity index (χ0n) is 13.5. The number of amidine groups is 1. The molecule has 0 fully saturated rings. The van der Waals surface area contributed by atoms with E-state index in [1.807, 2.05) is 0 Å². The van der Waals surface area contributed by atoms with Crippen LogP contribution >= 0.6 is 0 Å². The van der Waals surface area contributed by atoms with Crippen molar-refractivity contribution in [2.24, 2.45) is 15.3 Å². The Balaban J connectivity index is 2.04. The number of nitrogens with zero attached hydrogens (tertiary/aromatic N) is 4. The fourth-order valence-corrected chi connectivity index (χ4v) is 1.79. The normalized spacial score (nSPS) is 11.4. The minimum atomic E-state index is -0.549. The summed E-state index contributed by atoms with van der Waals surface area (Å²) in [7, 11) is 1.53. The number of rotatable bonds is 5. The topological polar surface area (TPSA) is 119 Å². The maximum atomic E-state index is 11.9. The minimum absolute atomic E-state index is 0.100. The molecule has 0 saturated heterocycles. The molecule has 2 aromatic carbocycles. The smallest absolute Gasteiger partial charge is 0.296 e. The van der Waals surface area contributed by atoms with Crippen molar-refractivity contribution < 1.29 is 14.5 Å². The Morgan fingerprint density at radius 3 is 2.48 bits per heavy atom. The Labute approximate surface area is 143 Å². The second-order valence-corrected chi connectivity index (χ2v) is 4.77. The van der Waals surface area contributed by atoms with Gasteiger partial charge in [-0.3, -0.25) is 14.9 Å². The molecular formula is C16H15N5O4. The van der Waals surface area contributed by atoms with Crippen LogP contribution < -0.4 is 10.2 Å². The number of nitro benzene ring substituents is 1. The second-order valence-electron chi connectivity index (χ2n) is 4.77. The number of amides is 1. The van der Waals surface area contributed by atoms with Crippen LogP contribution in [-0.4, -0.2) is 23.8 Å². The molecule has 9 nitrogen and oxygen atoms in total. The van der Waals surface area contributed by atoms with Gasteiger partial charge in [-0.25, -0.2) is 5.43 Å². The van der Waals surface area contributed by atoms with Gasteiger partial charge >= 0.3 is 0 Å².